The second-order valence-corrected chi connectivity index (χ2v) is 2.59. The summed E-state index contributed by atoms with van der Waals surface area (Å²) in [7, 11) is 0. The number of hydrogen-bond acceptors (Lipinski definition) is 3. The smallest absolute Gasteiger partial charge is 0.506 e. The molecule has 0 saturated carbocycles. The van der Waals surface area contributed by atoms with Gasteiger partial charge in [-0.15, -0.1) is 13.2 Å². The first-order valence-corrected chi connectivity index (χ1v) is 3.55. The summed E-state index contributed by atoms with van der Waals surface area (Å²) in [5.41, 5.74) is -0.953. The minimum absolute atomic E-state index is 0.631. The predicted molar refractivity (Wildman–Crippen MR) is 40.4 cm³/mol. The third kappa shape index (κ3) is 2.56. The quantitative estimate of drug-likeness (QED) is 0.769. The van der Waals surface area contributed by atoms with Crippen LogP contribution < -0.4 is 10.3 Å². The summed E-state index contributed by atoms with van der Waals surface area (Å²) in [5.74, 6) is -1.82. The average molecular weight is 230 g/mol. The number of ether oxygens (including phenoxy) is 1. The monoisotopic (exact) mass is 229 g/mol. The molecule has 0 amide bonds. The van der Waals surface area contributed by atoms with Crippen molar-refractivity contribution < 1.29 is 23.0 Å². The van der Waals surface area contributed by atoms with Gasteiger partial charge in [-0.2, -0.15) is 0 Å². The zero-order valence-electron chi connectivity index (χ0n) is 6.35. The van der Waals surface area contributed by atoms with E-state index in [1.54, 1.807) is 4.98 Å². The number of rotatable bonds is 1. The summed E-state index contributed by atoms with van der Waals surface area (Å²) in [6.45, 7) is 0. The van der Waals surface area contributed by atoms with Crippen LogP contribution in [-0.4, -0.2) is 16.5 Å². The van der Waals surface area contributed by atoms with E-state index in [1.807, 2.05) is 0 Å². The normalized spacial score (nSPS) is 11.4. The van der Waals surface area contributed by atoms with Crippen molar-refractivity contribution in [2.24, 2.45) is 0 Å². The number of aromatic hydroxyl groups is 1. The van der Waals surface area contributed by atoms with Gasteiger partial charge in [0.15, 0.2) is 0 Å². The molecule has 0 bridgehead atoms. The van der Waals surface area contributed by atoms with Crippen molar-refractivity contribution in [2.45, 2.75) is 6.36 Å². The molecule has 0 spiro atoms. The van der Waals surface area contributed by atoms with E-state index >= 15 is 0 Å². The third-order valence-corrected chi connectivity index (χ3v) is 1.51. The van der Waals surface area contributed by atoms with Gasteiger partial charge in [0.05, 0.1) is 0 Å². The van der Waals surface area contributed by atoms with Crippen molar-refractivity contribution in [1.82, 2.24) is 4.98 Å². The van der Waals surface area contributed by atoms with Gasteiger partial charge in [0.2, 0.25) is 5.88 Å². The van der Waals surface area contributed by atoms with Crippen LogP contribution >= 0.6 is 11.6 Å². The van der Waals surface area contributed by atoms with E-state index in [-0.39, 0.29) is 0 Å². The molecule has 78 valence electrons. The number of H-pyrrole nitrogens is 1. The van der Waals surface area contributed by atoms with Gasteiger partial charge in [0, 0.05) is 6.07 Å². The fourth-order valence-electron chi connectivity index (χ4n) is 0.693. The number of alkyl halides is 3. The van der Waals surface area contributed by atoms with Gasteiger partial charge >= 0.3 is 6.36 Å². The van der Waals surface area contributed by atoms with E-state index in [4.69, 9.17) is 16.7 Å². The summed E-state index contributed by atoms with van der Waals surface area (Å²) in [6.07, 6.45) is -4.99. The first kappa shape index (κ1) is 10.7. The van der Waals surface area contributed by atoms with Crippen LogP contribution in [-0.2, 0) is 0 Å². The molecule has 1 rings (SSSR count). The van der Waals surface area contributed by atoms with Crippen molar-refractivity contribution in [2.75, 3.05) is 0 Å². The summed E-state index contributed by atoms with van der Waals surface area (Å²) in [4.78, 5) is 12.3. The van der Waals surface area contributed by atoms with Crippen molar-refractivity contribution in [3.8, 4) is 11.6 Å². The molecular formula is C6H3ClF3NO3. The van der Waals surface area contributed by atoms with Crippen molar-refractivity contribution in [3.63, 3.8) is 0 Å². The van der Waals surface area contributed by atoms with Crippen LogP contribution in [0.15, 0.2) is 10.9 Å². The Labute approximate surface area is 79.9 Å². The Morgan fingerprint density at radius 1 is 1.50 bits per heavy atom. The molecule has 0 aliphatic carbocycles. The van der Waals surface area contributed by atoms with Crippen LogP contribution in [0.25, 0.3) is 0 Å². The van der Waals surface area contributed by atoms with Crippen molar-refractivity contribution in [1.29, 1.82) is 0 Å². The Hall–Kier alpha value is -1.37. The molecule has 8 heteroatoms. The third-order valence-electron chi connectivity index (χ3n) is 1.15. The first-order chi connectivity index (χ1) is 6.29. The number of nitrogens with one attached hydrogen (secondary N) is 1. The zero-order valence-corrected chi connectivity index (χ0v) is 7.11. The molecule has 2 N–H and O–H groups in total. The van der Waals surface area contributed by atoms with Gasteiger partial charge in [0.25, 0.3) is 5.56 Å². The molecule has 0 aliphatic rings. The minimum atomic E-state index is -4.99. The van der Waals surface area contributed by atoms with Gasteiger partial charge in [-0.05, 0) is 0 Å². The molecule has 0 unspecified atom stereocenters. The minimum Gasteiger partial charge on any atom is -0.506 e. The molecule has 14 heavy (non-hydrogen) atoms. The van der Waals surface area contributed by atoms with Gasteiger partial charge in [-0.25, -0.2) is 0 Å². The van der Waals surface area contributed by atoms with Crippen LogP contribution in [0.4, 0.5) is 13.2 Å². The highest BCUT2D eigenvalue weighted by Crippen LogP contribution is 2.32. The lowest BCUT2D eigenvalue weighted by molar-refractivity contribution is -0.276. The molecule has 1 heterocycles. The average Bonchev–Trinajstić information content (AvgIpc) is 1.96. The topological polar surface area (TPSA) is 62.3 Å². The van der Waals surface area contributed by atoms with Gasteiger partial charge in [-0.1, -0.05) is 11.6 Å². The van der Waals surface area contributed by atoms with Crippen molar-refractivity contribution >= 4 is 11.6 Å². The highest BCUT2D eigenvalue weighted by molar-refractivity contribution is 6.33. The summed E-state index contributed by atoms with van der Waals surface area (Å²) in [5, 5.41) is 8.17. The fourth-order valence-corrected chi connectivity index (χ4v) is 0.833. The van der Waals surface area contributed by atoms with E-state index in [0.29, 0.717) is 6.07 Å². The predicted octanol–water partition coefficient (Wildman–Crippen LogP) is 1.63. The fraction of sp³-hybridized carbons (Fsp3) is 0.167. The lowest BCUT2D eigenvalue weighted by Gasteiger charge is -2.09. The number of halogens is 4. The van der Waals surface area contributed by atoms with Gasteiger partial charge < -0.3 is 9.84 Å². The second-order valence-electron chi connectivity index (χ2n) is 2.21. The molecule has 0 fully saturated rings. The number of aromatic amines is 1. The van der Waals surface area contributed by atoms with E-state index in [2.05, 4.69) is 4.74 Å². The Morgan fingerprint density at radius 2 is 2.07 bits per heavy atom. The molecule has 0 saturated heterocycles. The van der Waals surface area contributed by atoms with Crippen molar-refractivity contribution in [3.05, 3.63) is 21.4 Å². The summed E-state index contributed by atoms with van der Waals surface area (Å²) < 4.78 is 38.4. The maximum Gasteiger partial charge on any atom is 0.574 e. The Bertz CT molecular complexity index is 400. The van der Waals surface area contributed by atoms with E-state index < -0.39 is 28.6 Å². The van der Waals surface area contributed by atoms with Crippen LogP contribution in [0, 0.1) is 0 Å². The number of pyridine rings is 1. The molecule has 0 atom stereocenters. The standard InChI is InChI=1S/C6H3ClF3NO3/c7-4-2(12)1-3(13)11-5(4)14-6(8,9)10/h1H,(H2,11,12,13). The zero-order chi connectivity index (χ0) is 10.9. The van der Waals surface area contributed by atoms with E-state index in [9.17, 15) is 18.0 Å². The SMILES string of the molecule is O=c1cc(O)c(Cl)c(OC(F)(F)F)[nH]1. The van der Waals surface area contributed by atoms with Gasteiger partial charge in [0.1, 0.15) is 10.8 Å². The van der Waals surface area contributed by atoms with Crippen LogP contribution in [0.2, 0.25) is 5.02 Å². The van der Waals surface area contributed by atoms with Crippen LogP contribution in [0.3, 0.4) is 0 Å². The Balaban J connectivity index is 3.15. The summed E-state index contributed by atoms with van der Waals surface area (Å²) >= 11 is 5.23. The van der Waals surface area contributed by atoms with Crippen LogP contribution in [0.5, 0.6) is 11.6 Å². The first-order valence-electron chi connectivity index (χ1n) is 3.17. The highest BCUT2D eigenvalue weighted by Gasteiger charge is 2.33. The molecule has 0 radical (unpaired) electrons. The van der Waals surface area contributed by atoms with E-state index in [0.717, 1.165) is 0 Å². The molecule has 1 aromatic heterocycles. The Kier molecular flexibility index (Phi) is 2.61. The lowest BCUT2D eigenvalue weighted by Crippen LogP contribution is -2.20. The highest BCUT2D eigenvalue weighted by atomic mass is 35.5. The van der Waals surface area contributed by atoms with Gasteiger partial charge in [-0.3, -0.25) is 9.78 Å². The maximum absolute atomic E-state index is 11.7. The molecule has 0 aromatic carbocycles. The Morgan fingerprint density at radius 3 is 2.57 bits per heavy atom. The molecule has 4 nitrogen and oxygen atoms in total. The lowest BCUT2D eigenvalue weighted by atomic mass is 10.4. The maximum atomic E-state index is 11.7. The second kappa shape index (κ2) is 3.41. The molecular weight excluding hydrogens is 227 g/mol. The number of hydrogen-bond donors (Lipinski definition) is 2. The van der Waals surface area contributed by atoms with E-state index in [1.165, 1.54) is 0 Å². The summed E-state index contributed by atoms with van der Waals surface area (Å²) in [6, 6.07) is 0.631. The number of aromatic nitrogens is 1. The molecule has 1 aromatic rings. The molecule has 0 aliphatic heterocycles. The van der Waals surface area contributed by atoms with Crippen LogP contribution in [0.1, 0.15) is 0 Å². The largest absolute Gasteiger partial charge is 0.574 e.